The van der Waals surface area contributed by atoms with E-state index in [1.807, 2.05) is 11.0 Å². The summed E-state index contributed by atoms with van der Waals surface area (Å²) in [4.78, 5) is 13.9. The number of nitrogens with one attached hydrogen (secondary N) is 1. The zero-order chi connectivity index (χ0) is 15.0. The molecule has 1 saturated carbocycles. The van der Waals surface area contributed by atoms with Gasteiger partial charge < -0.3 is 10.4 Å². The fourth-order valence-electron chi connectivity index (χ4n) is 2.81. The van der Waals surface area contributed by atoms with Crippen molar-refractivity contribution in [2.24, 2.45) is 5.92 Å². The third kappa shape index (κ3) is 3.03. The minimum atomic E-state index is -0.571. The van der Waals surface area contributed by atoms with Crippen molar-refractivity contribution in [3.63, 3.8) is 0 Å². The van der Waals surface area contributed by atoms with E-state index in [0.29, 0.717) is 35.3 Å². The first-order valence-electron chi connectivity index (χ1n) is 6.94. The molecule has 1 heterocycles. The molecule has 1 aromatic rings. The highest BCUT2D eigenvalue weighted by molar-refractivity contribution is 6.32. The van der Waals surface area contributed by atoms with E-state index in [4.69, 9.17) is 16.9 Å². The number of nitriles is 1. The topological polar surface area (TPSA) is 76.4 Å². The van der Waals surface area contributed by atoms with Crippen LogP contribution in [0.3, 0.4) is 0 Å². The number of aliphatic hydroxyl groups is 1. The molecule has 1 saturated heterocycles. The third-order valence-corrected chi connectivity index (χ3v) is 4.39. The maximum atomic E-state index is 11.9. The number of amides is 1. The second-order valence-corrected chi connectivity index (χ2v) is 6.28. The molecule has 0 radical (unpaired) electrons. The number of halogens is 1. The quantitative estimate of drug-likeness (QED) is 0.886. The van der Waals surface area contributed by atoms with Crippen molar-refractivity contribution >= 4 is 23.2 Å². The van der Waals surface area contributed by atoms with Gasteiger partial charge in [-0.15, -0.1) is 0 Å². The number of anilines is 1. The number of carbonyl (C=O) groups is 1. The van der Waals surface area contributed by atoms with Crippen LogP contribution in [0.15, 0.2) is 18.2 Å². The van der Waals surface area contributed by atoms with Gasteiger partial charge in [-0.05, 0) is 37.0 Å². The lowest BCUT2D eigenvalue weighted by Gasteiger charge is -2.46. The molecule has 6 heteroatoms. The first-order chi connectivity index (χ1) is 10.00. The van der Waals surface area contributed by atoms with Gasteiger partial charge in [-0.2, -0.15) is 5.26 Å². The molecule has 1 aliphatic carbocycles. The first kappa shape index (κ1) is 14.3. The summed E-state index contributed by atoms with van der Waals surface area (Å²) in [5.74, 6) is 0.280. The number of rotatable bonds is 4. The lowest BCUT2D eigenvalue weighted by Crippen LogP contribution is -2.64. The highest BCUT2D eigenvalue weighted by Crippen LogP contribution is 2.44. The molecule has 2 N–H and O–H groups in total. The number of likely N-dealkylation sites (tertiary alicyclic amines) is 1. The summed E-state index contributed by atoms with van der Waals surface area (Å²) >= 11 is 5.92. The first-order valence-corrected chi connectivity index (χ1v) is 7.32. The summed E-state index contributed by atoms with van der Waals surface area (Å²) in [6.07, 6.45) is 2.19. The second-order valence-electron chi connectivity index (χ2n) is 5.88. The number of hydrogen-bond acceptors (Lipinski definition) is 4. The number of β-amino-alcohol motifs (C(OH)–C–C–N with tert-alkyl or cyclic N) is 1. The third-order valence-electron chi connectivity index (χ3n) is 4.07. The molecule has 1 amide bonds. The van der Waals surface area contributed by atoms with Crippen LogP contribution in [0.1, 0.15) is 18.4 Å². The van der Waals surface area contributed by atoms with E-state index in [-0.39, 0.29) is 12.5 Å². The molecule has 0 bridgehead atoms. The van der Waals surface area contributed by atoms with E-state index < -0.39 is 5.60 Å². The van der Waals surface area contributed by atoms with Gasteiger partial charge in [0.05, 0.1) is 22.7 Å². The predicted molar refractivity (Wildman–Crippen MR) is 78.9 cm³/mol. The SMILES string of the molecule is N#Cc1ccc(NC(=O)CN2CC(O)(C3CC3)C2)cc1Cl. The summed E-state index contributed by atoms with van der Waals surface area (Å²) in [6.45, 7) is 1.39. The molecular weight excluding hydrogens is 290 g/mol. The van der Waals surface area contributed by atoms with Crippen molar-refractivity contribution < 1.29 is 9.90 Å². The van der Waals surface area contributed by atoms with Crippen molar-refractivity contribution in [1.82, 2.24) is 4.90 Å². The standard InChI is InChI=1S/C15H16ClN3O2/c16-13-5-12(4-1-10(13)6-17)18-14(20)7-19-8-15(21,9-19)11-2-3-11/h1,4-5,11,21H,2-3,7-9H2,(H,18,20). The largest absolute Gasteiger partial charge is 0.387 e. The van der Waals surface area contributed by atoms with Gasteiger partial charge in [-0.3, -0.25) is 9.69 Å². The zero-order valence-electron chi connectivity index (χ0n) is 11.5. The Morgan fingerprint density at radius 3 is 2.81 bits per heavy atom. The van der Waals surface area contributed by atoms with E-state index in [1.165, 1.54) is 0 Å². The Balaban J connectivity index is 1.51. The van der Waals surface area contributed by atoms with Gasteiger partial charge >= 0.3 is 0 Å². The summed E-state index contributed by atoms with van der Waals surface area (Å²) in [7, 11) is 0. The van der Waals surface area contributed by atoms with E-state index >= 15 is 0 Å². The van der Waals surface area contributed by atoms with Gasteiger partial charge in [0, 0.05) is 18.8 Å². The Morgan fingerprint density at radius 1 is 1.52 bits per heavy atom. The Morgan fingerprint density at radius 2 is 2.24 bits per heavy atom. The van der Waals surface area contributed by atoms with Crippen LogP contribution >= 0.6 is 11.6 Å². The van der Waals surface area contributed by atoms with Gasteiger partial charge in [0.25, 0.3) is 0 Å². The molecule has 5 nitrogen and oxygen atoms in total. The average Bonchev–Trinajstić information content (AvgIpc) is 3.21. The average molecular weight is 306 g/mol. The van der Waals surface area contributed by atoms with E-state index in [9.17, 15) is 9.90 Å². The summed E-state index contributed by atoms with van der Waals surface area (Å²) in [6, 6.07) is 6.76. The zero-order valence-corrected chi connectivity index (χ0v) is 12.2. The fraction of sp³-hybridized carbons (Fsp3) is 0.467. The monoisotopic (exact) mass is 305 g/mol. The van der Waals surface area contributed by atoms with Crippen molar-refractivity contribution in [2.45, 2.75) is 18.4 Å². The summed E-state index contributed by atoms with van der Waals surface area (Å²) in [5, 5.41) is 22.1. The second kappa shape index (κ2) is 5.30. The lowest BCUT2D eigenvalue weighted by molar-refractivity contribution is -0.132. The Kier molecular flexibility index (Phi) is 3.62. The van der Waals surface area contributed by atoms with Crippen LogP contribution in [0, 0.1) is 17.2 Å². The van der Waals surface area contributed by atoms with Gasteiger partial charge in [0.15, 0.2) is 0 Å². The minimum Gasteiger partial charge on any atom is -0.387 e. The van der Waals surface area contributed by atoms with Gasteiger partial charge in [-0.1, -0.05) is 11.6 Å². The smallest absolute Gasteiger partial charge is 0.238 e. The van der Waals surface area contributed by atoms with Gasteiger partial charge in [0.1, 0.15) is 6.07 Å². The highest BCUT2D eigenvalue weighted by atomic mass is 35.5. The Hall–Kier alpha value is -1.61. The fourth-order valence-corrected chi connectivity index (χ4v) is 3.03. The highest BCUT2D eigenvalue weighted by Gasteiger charge is 2.51. The van der Waals surface area contributed by atoms with E-state index in [2.05, 4.69) is 5.32 Å². The molecule has 1 aromatic carbocycles. The molecule has 3 rings (SSSR count). The molecule has 2 aliphatic rings. The van der Waals surface area contributed by atoms with Gasteiger partial charge in [0.2, 0.25) is 5.91 Å². The van der Waals surface area contributed by atoms with E-state index in [0.717, 1.165) is 12.8 Å². The van der Waals surface area contributed by atoms with E-state index in [1.54, 1.807) is 18.2 Å². The molecule has 2 fully saturated rings. The number of nitrogens with zero attached hydrogens (tertiary/aromatic N) is 2. The summed E-state index contributed by atoms with van der Waals surface area (Å²) in [5.41, 5.74) is 0.381. The molecule has 1 aliphatic heterocycles. The maximum Gasteiger partial charge on any atom is 0.238 e. The van der Waals surface area contributed by atoms with Crippen molar-refractivity contribution in [3.05, 3.63) is 28.8 Å². The molecule has 0 aromatic heterocycles. The number of hydrogen-bond donors (Lipinski definition) is 2. The molecule has 0 spiro atoms. The number of carbonyl (C=O) groups excluding carboxylic acids is 1. The van der Waals surface area contributed by atoms with Crippen LogP contribution in [-0.2, 0) is 4.79 Å². The predicted octanol–water partition coefficient (Wildman–Crippen LogP) is 1.61. The van der Waals surface area contributed by atoms with Crippen molar-refractivity contribution in [3.8, 4) is 6.07 Å². The van der Waals surface area contributed by atoms with Crippen LogP contribution in [-0.4, -0.2) is 41.1 Å². The van der Waals surface area contributed by atoms with Crippen molar-refractivity contribution in [1.29, 1.82) is 5.26 Å². The van der Waals surface area contributed by atoms with Crippen LogP contribution in [0.4, 0.5) is 5.69 Å². The number of benzene rings is 1. The molecular formula is C15H16ClN3O2. The van der Waals surface area contributed by atoms with Crippen LogP contribution < -0.4 is 5.32 Å². The Bertz CT molecular complexity index is 616. The van der Waals surface area contributed by atoms with Crippen LogP contribution in [0.25, 0.3) is 0 Å². The van der Waals surface area contributed by atoms with Gasteiger partial charge in [-0.25, -0.2) is 0 Å². The summed E-state index contributed by atoms with van der Waals surface area (Å²) < 4.78 is 0. The molecule has 110 valence electrons. The maximum absolute atomic E-state index is 11.9. The lowest BCUT2D eigenvalue weighted by atomic mass is 9.89. The molecule has 21 heavy (non-hydrogen) atoms. The molecule has 0 unspecified atom stereocenters. The van der Waals surface area contributed by atoms with Crippen LogP contribution in [0.5, 0.6) is 0 Å². The minimum absolute atomic E-state index is 0.145. The van der Waals surface area contributed by atoms with Crippen molar-refractivity contribution in [2.75, 3.05) is 25.0 Å². The van der Waals surface area contributed by atoms with Crippen LogP contribution in [0.2, 0.25) is 5.02 Å². The normalized spacial score (nSPS) is 20.4. The molecule has 0 atom stereocenters. The Labute approximate surface area is 128 Å².